The number of halogens is 1. The van der Waals surface area contributed by atoms with Crippen LogP contribution in [0.15, 0.2) is 60.8 Å². The van der Waals surface area contributed by atoms with Gasteiger partial charge in [-0.25, -0.2) is 0 Å². The van der Waals surface area contributed by atoms with Crippen LogP contribution in [0.25, 0.3) is 27.8 Å². The molecule has 0 fully saturated rings. The van der Waals surface area contributed by atoms with Gasteiger partial charge in [0.05, 0.1) is 0 Å². The highest BCUT2D eigenvalue weighted by Gasteiger charge is 2.10. The summed E-state index contributed by atoms with van der Waals surface area (Å²) in [5.74, 6) is 0.822. The third kappa shape index (κ3) is 1.67. The van der Waals surface area contributed by atoms with Gasteiger partial charge in [-0.15, -0.1) is 10.2 Å². The van der Waals surface area contributed by atoms with E-state index < -0.39 is 0 Å². The van der Waals surface area contributed by atoms with Crippen molar-refractivity contribution in [1.82, 2.24) is 14.6 Å². The highest BCUT2D eigenvalue weighted by Crippen LogP contribution is 2.24. The number of benzene rings is 2. The average Bonchev–Trinajstić information content (AvgIpc) is 2.92. The van der Waals surface area contributed by atoms with E-state index in [9.17, 15) is 0 Å². The molecule has 2 heterocycles. The van der Waals surface area contributed by atoms with E-state index in [2.05, 4.69) is 28.4 Å². The predicted molar refractivity (Wildman–Crippen MR) is 80.9 cm³/mol. The summed E-state index contributed by atoms with van der Waals surface area (Å²) in [6.45, 7) is 0. The molecule has 4 rings (SSSR count). The van der Waals surface area contributed by atoms with Crippen molar-refractivity contribution in [3.05, 3.63) is 65.8 Å². The first-order chi connectivity index (χ1) is 9.83. The molecule has 20 heavy (non-hydrogen) atoms. The molecule has 0 N–H and O–H groups in total. The highest BCUT2D eigenvalue weighted by molar-refractivity contribution is 6.30. The zero-order chi connectivity index (χ0) is 13.5. The quantitative estimate of drug-likeness (QED) is 0.523. The second kappa shape index (κ2) is 4.32. The van der Waals surface area contributed by atoms with Crippen molar-refractivity contribution in [2.45, 2.75) is 0 Å². The number of rotatable bonds is 1. The molecule has 0 aliphatic heterocycles. The Hall–Kier alpha value is -2.39. The molecule has 0 saturated heterocycles. The maximum atomic E-state index is 5.93. The molecule has 0 atom stereocenters. The van der Waals surface area contributed by atoms with Crippen LogP contribution >= 0.6 is 11.6 Å². The first-order valence-corrected chi connectivity index (χ1v) is 6.69. The third-order valence-corrected chi connectivity index (χ3v) is 3.66. The zero-order valence-corrected chi connectivity index (χ0v) is 11.2. The van der Waals surface area contributed by atoms with Crippen molar-refractivity contribution < 1.29 is 0 Å². The van der Waals surface area contributed by atoms with Crippen LogP contribution in [-0.4, -0.2) is 14.6 Å². The Balaban J connectivity index is 2.02. The molecule has 0 radical (unpaired) electrons. The van der Waals surface area contributed by atoms with E-state index in [1.54, 1.807) is 0 Å². The van der Waals surface area contributed by atoms with Crippen LogP contribution in [0.4, 0.5) is 0 Å². The molecule has 0 spiro atoms. The molecule has 96 valence electrons. The molecule has 0 saturated carbocycles. The van der Waals surface area contributed by atoms with Crippen LogP contribution in [0.1, 0.15) is 0 Å². The summed E-state index contributed by atoms with van der Waals surface area (Å²) in [7, 11) is 0. The average molecular weight is 280 g/mol. The molecule has 2 aromatic carbocycles. The second-order valence-corrected chi connectivity index (χ2v) is 5.06. The van der Waals surface area contributed by atoms with E-state index in [0.29, 0.717) is 5.02 Å². The van der Waals surface area contributed by atoms with Gasteiger partial charge >= 0.3 is 0 Å². The lowest BCUT2D eigenvalue weighted by atomic mass is 10.1. The number of pyridine rings is 1. The van der Waals surface area contributed by atoms with Crippen LogP contribution in [0.2, 0.25) is 5.02 Å². The van der Waals surface area contributed by atoms with E-state index in [1.807, 2.05) is 47.0 Å². The normalized spacial score (nSPS) is 11.2. The monoisotopic (exact) mass is 279 g/mol. The van der Waals surface area contributed by atoms with Crippen molar-refractivity contribution in [3.63, 3.8) is 0 Å². The number of nitrogens with zero attached hydrogens (tertiary/aromatic N) is 3. The van der Waals surface area contributed by atoms with Gasteiger partial charge in [0.1, 0.15) is 0 Å². The van der Waals surface area contributed by atoms with Crippen molar-refractivity contribution in [3.8, 4) is 11.4 Å². The van der Waals surface area contributed by atoms with Crippen LogP contribution in [0, 0.1) is 0 Å². The predicted octanol–water partition coefficient (Wildman–Crippen LogP) is 4.20. The molecule has 4 heteroatoms. The number of aromatic nitrogens is 3. The lowest BCUT2D eigenvalue weighted by molar-refractivity contribution is 1.11. The lowest BCUT2D eigenvalue weighted by Gasteiger charge is -2.02. The molecule has 0 aliphatic carbocycles. The Morgan fingerprint density at radius 1 is 0.850 bits per heavy atom. The number of hydrogen-bond acceptors (Lipinski definition) is 2. The summed E-state index contributed by atoms with van der Waals surface area (Å²) in [6, 6.07) is 17.9. The molecule has 0 unspecified atom stereocenters. The molecular formula is C16H10ClN3. The van der Waals surface area contributed by atoms with E-state index in [0.717, 1.165) is 27.8 Å². The van der Waals surface area contributed by atoms with Gasteiger partial charge in [-0.2, -0.15) is 0 Å². The SMILES string of the molecule is Clc1ccc(-c2nnc3c4ccccc4ccn23)cc1. The van der Waals surface area contributed by atoms with Gasteiger partial charge in [0, 0.05) is 22.2 Å². The summed E-state index contributed by atoms with van der Waals surface area (Å²) in [5.41, 5.74) is 1.87. The Bertz CT molecular complexity index is 910. The summed E-state index contributed by atoms with van der Waals surface area (Å²) < 4.78 is 2.01. The molecule has 0 aliphatic rings. The minimum absolute atomic E-state index is 0.716. The molecule has 0 bridgehead atoms. The Morgan fingerprint density at radius 2 is 1.65 bits per heavy atom. The molecule has 3 nitrogen and oxygen atoms in total. The summed E-state index contributed by atoms with van der Waals surface area (Å²) >= 11 is 5.93. The lowest BCUT2D eigenvalue weighted by Crippen LogP contribution is -1.89. The van der Waals surface area contributed by atoms with Crippen molar-refractivity contribution in [2.75, 3.05) is 0 Å². The first kappa shape index (κ1) is 11.4. The maximum absolute atomic E-state index is 5.93. The fraction of sp³-hybridized carbons (Fsp3) is 0. The summed E-state index contributed by atoms with van der Waals surface area (Å²) in [5, 5.41) is 11.6. The Labute approximate surface area is 120 Å². The van der Waals surface area contributed by atoms with Crippen LogP contribution < -0.4 is 0 Å². The summed E-state index contributed by atoms with van der Waals surface area (Å²) in [6.07, 6.45) is 2.00. The highest BCUT2D eigenvalue weighted by atomic mass is 35.5. The molecule has 2 aromatic heterocycles. The van der Waals surface area contributed by atoms with E-state index >= 15 is 0 Å². The van der Waals surface area contributed by atoms with Crippen LogP contribution in [0.5, 0.6) is 0 Å². The number of hydrogen-bond donors (Lipinski definition) is 0. The second-order valence-electron chi connectivity index (χ2n) is 4.63. The van der Waals surface area contributed by atoms with Crippen molar-refractivity contribution in [1.29, 1.82) is 0 Å². The van der Waals surface area contributed by atoms with Gasteiger partial charge in [-0.05, 0) is 35.7 Å². The third-order valence-electron chi connectivity index (χ3n) is 3.40. The molecule has 0 amide bonds. The van der Waals surface area contributed by atoms with Crippen LogP contribution in [-0.2, 0) is 0 Å². The van der Waals surface area contributed by atoms with Gasteiger partial charge in [0.2, 0.25) is 0 Å². The van der Waals surface area contributed by atoms with Crippen LogP contribution in [0.3, 0.4) is 0 Å². The van der Waals surface area contributed by atoms with E-state index in [4.69, 9.17) is 11.6 Å². The van der Waals surface area contributed by atoms with Gasteiger partial charge in [-0.1, -0.05) is 35.9 Å². The Kier molecular flexibility index (Phi) is 2.47. The number of fused-ring (bicyclic) bond motifs is 3. The van der Waals surface area contributed by atoms with Crippen molar-refractivity contribution >= 4 is 28.0 Å². The van der Waals surface area contributed by atoms with Gasteiger partial charge in [-0.3, -0.25) is 4.40 Å². The molecule has 4 aromatic rings. The van der Waals surface area contributed by atoms with Gasteiger partial charge in [0.25, 0.3) is 0 Å². The topological polar surface area (TPSA) is 30.2 Å². The van der Waals surface area contributed by atoms with E-state index in [1.165, 1.54) is 0 Å². The smallest absolute Gasteiger partial charge is 0.168 e. The first-order valence-electron chi connectivity index (χ1n) is 6.31. The standard InChI is InChI=1S/C16H10ClN3/c17-13-7-5-12(6-8-13)15-18-19-16-14-4-2-1-3-11(14)9-10-20(15)16/h1-10H. The van der Waals surface area contributed by atoms with E-state index in [-0.39, 0.29) is 0 Å². The summed E-state index contributed by atoms with van der Waals surface area (Å²) in [4.78, 5) is 0. The molecular weight excluding hydrogens is 270 g/mol. The van der Waals surface area contributed by atoms with Crippen molar-refractivity contribution in [2.24, 2.45) is 0 Å². The van der Waals surface area contributed by atoms with Gasteiger partial charge < -0.3 is 0 Å². The fourth-order valence-electron chi connectivity index (χ4n) is 2.41. The minimum Gasteiger partial charge on any atom is -0.282 e. The maximum Gasteiger partial charge on any atom is 0.168 e. The largest absolute Gasteiger partial charge is 0.282 e. The van der Waals surface area contributed by atoms with Gasteiger partial charge in [0.15, 0.2) is 11.5 Å². The minimum atomic E-state index is 0.716. The Morgan fingerprint density at radius 3 is 2.50 bits per heavy atom. The zero-order valence-electron chi connectivity index (χ0n) is 10.5. The fourth-order valence-corrected chi connectivity index (χ4v) is 2.54.